The van der Waals surface area contributed by atoms with Gasteiger partial charge in [0.2, 0.25) is 5.91 Å². The third kappa shape index (κ3) is 2.33. The van der Waals surface area contributed by atoms with Gasteiger partial charge in [0.1, 0.15) is 0 Å². The molecular weight excluding hydrogens is 218 g/mol. The van der Waals surface area contributed by atoms with Gasteiger partial charge >= 0.3 is 0 Å². The van der Waals surface area contributed by atoms with Crippen LogP contribution in [0.25, 0.3) is 0 Å². The highest BCUT2D eigenvalue weighted by Gasteiger charge is 2.44. The molecule has 2 aliphatic heterocycles. The molecule has 4 heteroatoms. The maximum atomic E-state index is 12.2. The van der Waals surface area contributed by atoms with Gasteiger partial charge in [0.25, 0.3) is 0 Å². The van der Waals surface area contributed by atoms with E-state index < -0.39 is 5.79 Å². The zero-order valence-electron chi connectivity index (χ0n) is 10.3. The molecule has 3 fully saturated rings. The third-order valence-corrected chi connectivity index (χ3v) is 4.30. The lowest BCUT2D eigenvalue weighted by atomic mass is 10.0. The molecule has 2 saturated heterocycles. The van der Waals surface area contributed by atoms with E-state index >= 15 is 0 Å². The fraction of sp³-hybridized carbons (Fsp3) is 0.923. The Bertz CT molecular complexity index is 293. The monoisotopic (exact) mass is 239 g/mol. The first kappa shape index (κ1) is 11.5. The molecule has 0 bridgehead atoms. The van der Waals surface area contributed by atoms with Gasteiger partial charge in [0, 0.05) is 19.4 Å². The Morgan fingerprint density at radius 1 is 1.24 bits per heavy atom. The van der Waals surface area contributed by atoms with E-state index in [-0.39, 0.29) is 0 Å². The minimum Gasteiger partial charge on any atom is -0.346 e. The maximum Gasteiger partial charge on any atom is 0.223 e. The van der Waals surface area contributed by atoms with Crippen molar-refractivity contribution in [3.8, 4) is 0 Å². The summed E-state index contributed by atoms with van der Waals surface area (Å²) in [6.45, 7) is 2.78. The molecule has 1 spiro atoms. The average molecular weight is 239 g/mol. The van der Waals surface area contributed by atoms with Crippen LogP contribution < -0.4 is 0 Å². The second-order valence-corrected chi connectivity index (χ2v) is 5.53. The number of rotatable bonds is 2. The molecule has 0 aromatic carbocycles. The smallest absolute Gasteiger partial charge is 0.223 e. The van der Waals surface area contributed by atoms with Gasteiger partial charge in [-0.3, -0.25) is 4.79 Å². The van der Waals surface area contributed by atoms with Crippen LogP contribution in [-0.4, -0.2) is 42.9 Å². The number of carbonyl (C=O) groups is 1. The van der Waals surface area contributed by atoms with Gasteiger partial charge in [0.05, 0.1) is 19.8 Å². The van der Waals surface area contributed by atoms with Gasteiger partial charge in [-0.15, -0.1) is 0 Å². The summed E-state index contributed by atoms with van der Waals surface area (Å²) < 4.78 is 11.3. The molecule has 0 aromatic heterocycles. The van der Waals surface area contributed by atoms with Gasteiger partial charge in [-0.25, -0.2) is 0 Å². The Labute approximate surface area is 102 Å². The van der Waals surface area contributed by atoms with Gasteiger partial charge in [0.15, 0.2) is 5.79 Å². The molecule has 2 heterocycles. The van der Waals surface area contributed by atoms with E-state index in [1.54, 1.807) is 0 Å². The van der Waals surface area contributed by atoms with E-state index in [4.69, 9.17) is 9.47 Å². The first-order chi connectivity index (χ1) is 8.27. The summed E-state index contributed by atoms with van der Waals surface area (Å²) in [4.78, 5) is 14.1. The van der Waals surface area contributed by atoms with Crippen LogP contribution in [0.2, 0.25) is 0 Å². The highest BCUT2D eigenvalue weighted by Crippen LogP contribution is 2.33. The average Bonchev–Trinajstić information content (AvgIpc) is 3.03. The fourth-order valence-electron chi connectivity index (χ4n) is 3.29. The summed E-state index contributed by atoms with van der Waals surface area (Å²) >= 11 is 0. The van der Waals surface area contributed by atoms with E-state index in [0.29, 0.717) is 31.6 Å². The Morgan fingerprint density at radius 2 is 1.94 bits per heavy atom. The van der Waals surface area contributed by atoms with E-state index in [2.05, 4.69) is 0 Å². The van der Waals surface area contributed by atoms with Gasteiger partial charge in [-0.05, 0) is 18.8 Å². The predicted molar refractivity (Wildman–Crippen MR) is 62.4 cm³/mol. The van der Waals surface area contributed by atoms with Crippen molar-refractivity contribution in [1.82, 2.24) is 4.90 Å². The lowest BCUT2D eigenvalue weighted by Crippen LogP contribution is -2.37. The van der Waals surface area contributed by atoms with Crippen LogP contribution in [-0.2, 0) is 14.3 Å². The minimum atomic E-state index is -0.453. The number of carbonyl (C=O) groups excluding carboxylic acids is 1. The largest absolute Gasteiger partial charge is 0.346 e. The Hall–Kier alpha value is -0.610. The summed E-state index contributed by atoms with van der Waals surface area (Å²) in [7, 11) is 0. The first-order valence-corrected chi connectivity index (χ1v) is 6.83. The molecule has 3 aliphatic rings. The number of nitrogens with zero attached hydrogens (tertiary/aromatic N) is 1. The Morgan fingerprint density at radius 3 is 2.65 bits per heavy atom. The lowest BCUT2D eigenvalue weighted by molar-refractivity contribution is -0.152. The van der Waals surface area contributed by atoms with Crippen LogP contribution in [0.15, 0.2) is 0 Å². The molecule has 0 unspecified atom stereocenters. The molecule has 96 valence electrons. The topological polar surface area (TPSA) is 38.8 Å². The van der Waals surface area contributed by atoms with Crippen molar-refractivity contribution in [2.24, 2.45) is 5.92 Å². The highest BCUT2D eigenvalue weighted by atomic mass is 16.7. The van der Waals surface area contributed by atoms with Crippen LogP contribution >= 0.6 is 0 Å². The first-order valence-electron chi connectivity index (χ1n) is 6.83. The van der Waals surface area contributed by atoms with Crippen molar-refractivity contribution >= 4 is 5.91 Å². The summed E-state index contributed by atoms with van der Waals surface area (Å²) in [5, 5.41) is 0. The number of likely N-dealkylation sites (tertiary alicyclic amines) is 1. The Balaban J connectivity index is 1.53. The van der Waals surface area contributed by atoms with E-state index in [1.807, 2.05) is 4.90 Å². The Kier molecular flexibility index (Phi) is 3.09. The number of ether oxygens (including phenoxy) is 2. The van der Waals surface area contributed by atoms with E-state index in [0.717, 1.165) is 19.4 Å². The molecule has 4 nitrogen and oxygen atoms in total. The molecule has 1 saturated carbocycles. The molecule has 17 heavy (non-hydrogen) atoms. The molecular formula is C13H21NO3. The minimum absolute atomic E-state index is 0.299. The zero-order chi connectivity index (χ0) is 11.7. The third-order valence-electron chi connectivity index (χ3n) is 4.30. The second kappa shape index (κ2) is 4.58. The molecule has 0 aromatic rings. The standard InChI is InChI=1S/C13H21NO3/c15-12(9-11-3-1-2-4-11)14-6-5-13(10-14)16-7-8-17-13/h11H,1-10H2. The summed E-state index contributed by atoms with van der Waals surface area (Å²) in [6.07, 6.45) is 6.64. The van der Waals surface area contributed by atoms with Crippen LogP contribution in [0.3, 0.4) is 0 Å². The normalized spacial score (nSPS) is 28.4. The van der Waals surface area contributed by atoms with Crippen molar-refractivity contribution in [3.63, 3.8) is 0 Å². The van der Waals surface area contributed by atoms with Crippen molar-refractivity contribution in [1.29, 1.82) is 0 Å². The lowest BCUT2D eigenvalue weighted by Gasteiger charge is -2.23. The number of amides is 1. The summed E-state index contributed by atoms with van der Waals surface area (Å²) in [5.74, 6) is 0.475. The van der Waals surface area contributed by atoms with Crippen molar-refractivity contribution in [3.05, 3.63) is 0 Å². The summed E-state index contributed by atoms with van der Waals surface area (Å²) in [5.41, 5.74) is 0. The molecule has 0 N–H and O–H groups in total. The van der Waals surface area contributed by atoms with Gasteiger partial charge < -0.3 is 14.4 Å². The molecule has 1 amide bonds. The molecule has 0 radical (unpaired) electrons. The van der Waals surface area contributed by atoms with Crippen molar-refractivity contribution in [2.75, 3.05) is 26.3 Å². The molecule has 1 aliphatic carbocycles. The van der Waals surface area contributed by atoms with Crippen molar-refractivity contribution < 1.29 is 14.3 Å². The number of hydrogen-bond donors (Lipinski definition) is 0. The SMILES string of the molecule is O=C(CC1CCCC1)N1CCC2(C1)OCCO2. The highest BCUT2D eigenvalue weighted by molar-refractivity contribution is 5.76. The van der Waals surface area contributed by atoms with Crippen LogP contribution in [0, 0.1) is 5.92 Å². The molecule has 0 atom stereocenters. The van der Waals surface area contributed by atoms with E-state index in [1.165, 1.54) is 25.7 Å². The fourth-order valence-corrected chi connectivity index (χ4v) is 3.29. The van der Waals surface area contributed by atoms with E-state index in [9.17, 15) is 4.79 Å². The predicted octanol–water partition coefficient (Wildman–Crippen LogP) is 1.54. The van der Waals surface area contributed by atoms with Gasteiger partial charge in [-0.2, -0.15) is 0 Å². The quantitative estimate of drug-likeness (QED) is 0.733. The maximum absolute atomic E-state index is 12.2. The summed E-state index contributed by atoms with van der Waals surface area (Å²) in [6, 6.07) is 0. The van der Waals surface area contributed by atoms with Crippen molar-refractivity contribution in [2.45, 2.75) is 44.3 Å². The zero-order valence-corrected chi connectivity index (χ0v) is 10.3. The van der Waals surface area contributed by atoms with Gasteiger partial charge in [-0.1, -0.05) is 12.8 Å². The number of hydrogen-bond acceptors (Lipinski definition) is 3. The second-order valence-electron chi connectivity index (χ2n) is 5.53. The van der Waals surface area contributed by atoms with Crippen LogP contribution in [0.4, 0.5) is 0 Å². The van der Waals surface area contributed by atoms with Crippen LogP contribution in [0.5, 0.6) is 0 Å². The molecule has 3 rings (SSSR count). The van der Waals surface area contributed by atoms with Crippen LogP contribution in [0.1, 0.15) is 38.5 Å².